The lowest BCUT2D eigenvalue weighted by Gasteiger charge is -2.03. The van der Waals surface area contributed by atoms with Crippen LogP contribution >= 0.6 is 0 Å². The molecular formula is C21H12N3O3-. The molecule has 0 spiro atoms. The smallest absolute Gasteiger partial charge is 0.149 e. The summed E-state index contributed by atoms with van der Waals surface area (Å²) in [7, 11) is 0. The summed E-state index contributed by atoms with van der Waals surface area (Å²) in [6, 6.07) is 19.4. The van der Waals surface area contributed by atoms with Crippen molar-refractivity contribution in [1.82, 2.24) is 9.97 Å². The predicted molar refractivity (Wildman–Crippen MR) is 98.1 cm³/mol. The van der Waals surface area contributed by atoms with Gasteiger partial charge in [0.2, 0.25) is 0 Å². The van der Waals surface area contributed by atoms with Crippen molar-refractivity contribution in [3.05, 3.63) is 77.8 Å². The lowest BCUT2D eigenvalue weighted by Crippen LogP contribution is -2.22. The Morgan fingerprint density at radius 2 is 2.00 bits per heavy atom. The zero-order valence-corrected chi connectivity index (χ0v) is 14.0. The summed E-state index contributed by atoms with van der Waals surface area (Å²) < 4.78 is 5.75. The van der Waals surface area contributed by atoms with Gasteiger partial charge >= 0.3 is 0 Å². The van der Waals surface area contributed by atoms with Gasteiger partial charge in [0, 0.05) is 11.6 Å². The van der Waals surface area contributed by atoms with E-state index in [-0.39, 0.29) is 5.56 Å². The number of carbonyl (C=O) groups is 1. The maximum Gasteiger partial charge on any atom is 0.149 e. The summed E-state index contributed by atoms with van der Waals surface area (Å²) in [6.45, 7) is 0. The van der Waals surface area contributed by atoms with E-state index < -0.39 is 5.97 Å². The lowest BCUT2D eigenvalue weighted by atomic mass is 10.1. The first-order chi connectivity index (χ1) is 13.1. The Balaban J connectivity index is 1.68. The highest BCUT2D eigenvalue weighted by Crippen LogP contribution is 2.26. The molecule has 2 heterocycles. The van der Waals surface area contributed by atoms with Gasteiger partial charge in [-0.3, -0.25) is 0 Å². The summed E-state index contributed by atoms with van der Waals surface area (Å²) in [5.74, 6) is 0.155. The van der Waals surface area contributed by atoms with Crippen LogP contribution < -0.4 is 5.11 Å². The Morgan fingerprint density at radius 3 is 2.78 bits per heavy atom. The minimum Gasteiger partial charge on any atom is -0.545 e. The van der Waals surface area contributed by atoms with Crippen molar-refractivity contribution in [2.75, 3.05) is 0 Å². The number of rotatable bonds is 4. The van der Waals surface area contributed by atoms with E-state index in [0.29, 0.717) is 28.5 Å². The molecule has 4 aromatic rings. The fourth-order valence-electron chi connectivity index (χ4n) is 2.76. The lowest BCUT2D eigenvalue weighted by molar-refractivity contribution is -0.255. The van der Waals surface area contributed by atoms with E-state index in [1.54, 1.807) is 30.3 Å². The van der Waals surface area contributed by atoms with Crippen molar-refractivity contribution in [1.29, 1.82) is 5.26 Å². The minimum atomic E-state index is -1.25. The van der Waals surface area contributed by atoms with Crippen LogP contribution in [0.15, 0.2) is 65.1 Å². The summed E-state index contributed by atoms with van der Waals surface area (Å²) >= 11 is 0. The van der Waals surface area contributed by atoms with E-state index >= 15 is 0 Å². The molecule has 0 bridgehead atoms. The van der Waals surface area contributed by atoms with Crippen molar-refractivity contribution >= 4 is 28.7 Å². The van der Waals surface area contributed by atoms with E-state index in [4.69, 9.17) is 4.42 Å². The molecule has 0 fully saturated rings. The molecule has 130 valence electrons. The van der Waals surface area contributed by atoms with Crippen molar-refractivity contribution in [3.8, 4) is 17.4 Å². The van der Waals surface area contributed by atoms with Crippen LogP contribution in [-0.2, 0) is 0 Å². The number of fused-ring (bicyclic) bond motifs is 1. The Hall–Kier alpha value is -4.11. The molecule has 0 saturated heterocycles. The number of para-hydroxylation sites is 2. The van der Waals surface area contributed by atoms with Gasteiger partial charge in [0.05, 0.1) is 22.6 Å². The SMILES string of the molecule is N#C/C(=C\c1ccc(-c2cccc(C(=O)[O-])c2)o1)c1nc2ccccc2[nH]1. The first-order valence-corrected chi connectivity index (χ1v) is 8.12. The molecule has 0 saturated carbocycles. The zero-order valence-electron chi connectivity index (χ0n) is 14.0. The number of hydrogen-bond acceptors (Lipinski definition) is 5. The third-order valence-corrected chi connectivity index (χ3v) is 4.06. The van der Waals surface area contributed by atoms with Crippen molar-refractivity contribution in [2.45, 2.75) is 0 Å². The number of nitrogens with zero attached hydrogens (tertiary/aromatic N) is 2. The standard InChI is InChI=1S/C21H13N3O3/c22-12-15(20-23-17-6-1-2-7-18(17)24-20)11-16-8-9-19(27-16)13-4-3-5-14(10-13)21(25)26/h1-11H,(H,23,24)(H,25,26)/p-1/b15-11+. The van der Waals surface area contributed by atoms with Gasteiger partial charge in [0.1, 0.15) is 23.4 Å². The van der Waals surface area contributed by atoms with Gasteiger partial charge in [-0.2, -0.15) is 5.26 Å². The Kier molecular flexibility index (Phi) is 4.03. The van der Waals surface area contributed by atoms with Crippen LogP contribution in [0.25, 0.3) is 34.0 Å². The van der Waals surface area contributed by atoms with E-state index in [1.807, 2.05) is 24.3 Å². The first kappa shape index (κ1) is 16.4. The Labute approximate surface area is 154 Å². The van der Waals surface area contributed by atoms with Gasteiger partial charge < -0.3 is 19.3 Å². The van der Waals surface area contributed by atoms with Crippen molar-refractivity contribution in [2.24, 2.45) is 0 Å². The van der Waals surface area contributed by atoms with Crippen LogP contribution in [0, 0.1) is 11.3 Å². The number of imidazole rings is 1. The molecule has 0 unspecified atom stereocenters. The maximum atomic E-state index is 11.0. The number of H-pyrrole nitrogens is 1. The number of nitriles is 1. The number of benzene rings is 2. The number of furan rings is 1. The number of aromatic nitrogens is 2. The molecule has 0 aliphatic carbocycles. The average molecular weight is 354 g/mol. The van der Waals surface area contributed by atoms with Crippen LogP contribution in [-0.4, -0.2) is 15.9 Å². The monoisotopic (exact) mass is 354 g/mol. The van der Waals surface area contributed by atoms with Crippen molar-refractivity contribution in [3.63, 3.8) is 0 Å². The van der Waals surface area contributed by atoms with E-state index in [2.05, 4.69) is 16.0 Å². The number of allylic oxidation sites excluding steroid dienone is 1. The highest BCUT2D eigenvalue weighted by molar-refractivity contribution is 5.90. The van der Waals surface area contributed by atoms with Crippen LogP contribution in [0.5, 0.6) is 0 Å². The van der Waals surface area contributed by atoms with Gasteiger partial charge in [0.15, 0.2) is 0 Å². The van der Waals surface area contributed by atoms with Crippen LogP contribution in [0.4, 0.5) is 0 Å². The molecule has 0 atom stereocenters. The van der Waals surface area contributed by atoms with Gasteiger partial charge in [-0.05, 0) is 35.9 Å². The zero-order chi connectivity index (χ0) is 18.8. The number of nitrogens with one attached hydrogen (secondary N) is 1. The quantitative estimate of drug-likeness (QED) is 0.566. The predicted octanol–water partition coefficient (Wildman–Crippen LogP) is 3.25. The normalized spacial score (nSPS) is 11.4. The summed E-state index contributed by atoms with van der Waals surface area (Å²) in [5.41, 5.74) is 2.62. The Bertz CT molecular complexity index is 1190. The molecule has 4 rings (SSSR count). The van der Waals surface area contributed by atoms with Crippen LogP contribution in [0.3, 0.4) is 0 Å². The molecule has 2 aromatic heterocycles. The van der Waals surface area contributed by atoms with E-state index in [0.717, 1.165) is 11.0 Å². The van der Waals surface area contributed by atoms with Crippen molar-refractivity contribution < 1.29 is 14.3 Å². The molecule has 1 N–H and O–H groups in total. The second-order valence-electron chi connectivity index (χ2n) is 5.84. The highest BCUT2D eigenvalue weighted by atomic mass is 16.4. The van der Waals surface area contributed by atoms with Gasteiger partial charge in [-0.15, -0.1) is 0 Å². The first-order valence-electron chi connectivity index (χ1n) is 8.12. The number of carboxylic acid groups (broad SMARTS) is 1. The van der Waals surface area contributed by atoms with Crippen LogP contribution in [0.1, 0.15) is 21.9 Å². The topological polar surface area (TPSA) is 106 Å². The second kappa shape index (κ2) is 6.65. The summed E-state index contributed by atoms with van der Waals surface area (Å²) in [4.78, 5) is 18.5. The second-order valence-corrected chi connectivity index (χ2v) is 5.84. The van der Waals surface area contributed by atoms with Gasteiger partial charge in [-0.25, -0.2) is 4.98 Å². The minimum absolute atomic E-state index is 0.0704. The third kappa shape index (κ3) is 3.22. The van der Waals surface area contributed by atoms with E-state index in [1.165, 1.54) is 12.1 Å². The molecule has 0 amide bonds. The molecular weight excluding hydrogens is 342 g/mol. The summed E-state index contributed by atoms with van der Waals surface area (Å²) in [6.07, 6.45) is 1.59. The fourth-order valence-corrected chi connectivity index (χ4v) is 2.76. The maximum absolute atomic E-state index is 11.0. The average Bonchev–Trinajstić information content (AvgIpc) is 3.33. The summed E-state index contributed by atoms with van der Waals surface area (Å²) in [5, 5.41) is 20.5. The number of aromatic carboxylic acids is 1. The molecule has 6 nitrogen and oxygen atoms in total. The molecule has 6 heteroatoms. The van der Waals surface area contributed by atoms with Gasteiger partial charge in [-0.1, -0.05) is 30.3 Å². The molecule has 0 aliphatic rings. The van der Waals surface area contributed by atoms with E-state index in [9.17, 15) is 15.2 Å². The number of carboxylic acids is 1. The van der Waals surface area contributed by atoms with Crippen LogP contribution in [0.2, 0.25) is 0 Å². The number of hydrogen-bond donors (Lipinski definition) is 1. The molecule has 27 heavy (non-hydrogen) atoms. The largest absolute Gasteiger partial charge is 0.545 e. The number of aromatic amines is 1. The molecule has 0 radical (unpaired) electrons. The molecule has 2 aromatic carbocycles. The molecule has 0 aliphatic heterocycles. The number of carbonyl (C=O) groups excluding carboxylic acids is 1. The third-order valence-electron chi connectivity index (χ3n) is 4.06. The highest BCUT2D eigenvalue weighted by Gasteiger charge is 2.10. The Morgan fingerprint density at radius 1 is 1.15 bits per heavy atom. The fraction of sp³-hybridized carbons (Fsp3) is 0. The van der Waals surface area contributed by atoms with Gasteiger partial charge in [0.25, 0.3) is 0 Å².